The summed E-state index contributed by atoms with van der Waals surface area (Å²) in [7, 11) is 1.80. The normalized spacial score (nSPS) is 11.9. The molecule has 0 fully saturated rings. The lowest BCUT2D eigenvalue weighted by atomic mass is 10.1. The lowest BCUT2D eigenvalue weighted by Gasteiger charge is -2.08. The van der Waals surface area contributed by atoms with Crippen LogP contribution in [0.25, 0.3) is 11.5 Å². The van der Waals surface area contributed by atoms with Crippen molar-refractivity contribution in [1.29, 1.82) is 0 Å². The fraction of sp³-hybridized carbons (Fsp3) is 0.385. The summed E-state index contributed by atoms with van der Waals surface area (Å²) in [5, 5.41) is 10.4. The molecule has 1 aromatic carbocycles. The number of benzene rings is 1. The molecule has 0 saturated carbocycles. The van der Waals surface area contributed by atoms with Gasteiger partial charge in [0.2, 0.25) is 11.8 Å². The van der Waals surface area contributed by atoms with E-state index in [9.17, 15) is 17.6 Å². The molecule has 2 aromatic rings. The molecule has 1 aromatic heterocycles. The van der Waals surface area contributed by atoms with Crippen molar-refractivity contribution in [3.05, 3.63) is 35.5 Å². The van der Waals surface area contributed by atoms with Crippen LogP contribution >= 0.6 is 0 Å². The molecule has 1 N–H and O–H groups in total. The Morgan fingerprint density at radius 1 is 1.24 bits per heavy atom. The molecular weight excluding hydrogens is 290 g/mol. The molecule has 21 heavy (non-hydrogen) atoms. The lowest BCUT2D eigenvalue weighted by Crippen LogP contribution is -2.08. The molecule has 8 heteroatoms. The number of aryl methyl sites for hydroxylation is 1. The van der Waals surface area contributed by atoms with E-state index < -0.39 is 17.6 Å². The smallest absolute Gasteiger partial charge is 0.419 e. The standard InChI is InChI=1S/C13H13F4N3O/c1-18-6-2-3-11-19-20-12(21-11)8-4-5-10(14)9(7-8)13(15,16)17/h4-5,7,18H,2-3,6H2,1H3. The first-order valence-electron chi connectivity index (χ1n) is 6.26. The number of nitrogens with zero attached hydrogens (tertiary/aromatic N) is 2. The van der Waals surface area contributed by atoms with Gasteiger partial charge < -0.3 is 9.73 Å². The second kappa shape index (κ2) is 6.21. The summed E-state index contributed by atoms with van der Waals surface area (Å²) in [4.78, 5) is 0. The molecule has 0 spiro atoms. The van der Waals surface area contributed by atoms with E-state index in [0.29, 0.717) is 18.4 Å². The number of nitrogens with one attached hydrogen (secondary N) is 1. The Hall–Kier alpha value is -1.96. The van der Waals surface area contributed by atoms with Crippen LogP contribution in [0.2, 0.25) is 0 Å². The highest BCUT2D eigenvalue weighted by Crippen LogP contribution is 2.33. The van der Waals surface area contributed by atoms with Gasteiger partial charge in [-0.1, -0.05) is 0 Å². The van der Waals surface area contributed by atoms with Crippen molar-refractivity contribution in [1.82, 2.24) is 15.5 Å². The van der Waals surface area contributed by atoms with Gasteiger partial charge in [0, 0.05) is 12.0 Å². The van der Waals surface area contributed by atoms with Crippen molar-refractivity contribution in [3.63, 3.8) is 0 Å². The summed E-state index contributed by atoms with van der Waals surface area (Å²) >= 11 is 0. The van der Waals surface area contributed by atoms with Crippen LogP contribution in [0.3, 0.4) is 0 Å². The van der Waals surface area contributed by atoms with Crippen LogP contribution in [0.4, 0.5) is 17.6 Å². The first-order chi connectivity index (χ1) is 9.91. The zero-order chi connectivity index (χ0) is 15.5. The summed E-state index contributed by atoms with van der Waals surface area (Å²) in [6.07, 6.45) is -3.49. The lowest BCUT2D eigenvalue weighted by molar-refractivity contribution is -0.139. The van der Waals surface area contributed by atoms with Gasteiger partial charge in [0.1, 0.15) is 5.82 Å². The van der Waals surface area contributed by atoms with Crippen molar-refractivity contribution >= 4 is 0 Å². The second-order valence-corrected chi connectivity index (χ2v) is 4.40. The van der Waals surface area contributed by atoms with Gasteiger partial charge >= 0.3 is 6.18 Å². The molecule has 114 valence electrons. The van der Waals surface area contributed by atoms with Gasteiger partial charge in [-0.25, -0.2) is 4.39 Å². The Balaban J connectivity index is 2.22. The van der Waals surface area contributed by atoms with E-state index in [1.807, 2.05) is 0 Å². The Morgan fingerprint density at radius 3 is 2.67 bits per heavy atom. The number of hydrogen-bond acceptors (Lipinski definition) is 4. The van der Waals surface area contributed by atoms with Crippen LogP contribution in [-0.2, 0) is 12.6 Å². The Labute approximate surface area is 118 Å². The number of aromatic nitrogens is 2. The third kappa shape index (κ3) is 3.78. The third-order valence-corrected chi connectivity index (χ3v) is 2.80. The fourth-order valence-electron chi connectivity index (χ4n) is 1.76. The molecule has 4 nitrogen and oxygen atoms in total. The van der Waals surface area contributed by atoms with Gasteiger partial charge in [0.25, 0.3) is 0 Å². The van der Waals surface area contributed by atoms with Gasteiger partial charge in [0.05, 0.1) is 5.56 Å². The van der Waals surface area contributed by atoms with Crippen LogP contribution in [0, 0.1) is 5.82 Å². The Kier molecular flexibility index (Phi) is 4.56. The second-order valence-electron chi connectivity index (χ2n) is 4.40. The molecule has 2 rings (SSSR count). The van der Waals surface area contributed by atoms with Crippen LogP contribution < -0.4 is 5.32 Å². The molecular formula is C13H13F4N3O. The first kappa shape index (κ1) is 15.4. The molecule has 0 amide bonds. The van der Waals surface area contributed by atoms with Gasteiger partial charge in [-0.3, -0.25) is 0 Å². The maximum Gasteiger partial charge on any atom is 0.419 e. The fourth-order valence-corrected chi connectivity index (χ4v) is 1.76. The Morgan fingerprint density at radius 2 is 2.00 bits per heavy atom. The van der Waals surface area contributed by atoms with E-state index >= 15 is 0 Å². The van der Waals surface area contributed by atoms with E-state index in [-0.39, 0.29) is 11.5 Å². The van der Waals surface area contributed by atoms with Crippen molar-refractivity contribution in [2.75, 3.05) is 13.6 Å². The van der Waals surface area contributed by atoms with Crippen molar-refractivity contribution < 1.29 is 22.0 Å². The summed E-state index contributed by atoms with van der Waals surface area (Å²) < 4.78 is 56.4. The van der Waals surface area contributed by atoms with E-state index in [4.69, 9.17) is 4.42 Å². The molecule has 0 aliphatic heterocycles. The zero-order valence-corrected chi connectivity index (χ0v) is 11.2. The van der Waals surface area contributed by atoms with Crippen molar-refractivity contribution in [3.8, 4) is 11.5 Å². The van der Waals surface area contributed by atoms with Crippen molar-refractivity contribution in [2.45, 2.75) is 19.0 Å². The predicted octanol–water partition coefficient (Wildman–Crippen LogP) is 3.05. The number of halogens is 4. The monoisotopic (exact) mass is 303 g/mol. The highest BCUT2D eigenvalue weighted by molar-refractivity contribution is 5.54. The maximum absolute atomic E-state index is 13.2. The highest BCUT2D eigenvalue weighted by Gasteiger charge is 2.34. The average molecular weight is 303 g/mol. The largest absolute Gasteiger partial charge is 0.421 e. The quantitative estimate of drug-likeness (QED) is 0.681. The number of rotatable bonds is 5. The molecule has 0 aliphatic rings. The highest BCUT2D eigenvalue weighted by atomic mass is 19.4. The minimum absolute atomic E-state index is 0.0380. The summed E-state index contributed by atoms with van der Waals surface area (Å²) in [6, 6.07) is 2.58. The molecule has 1 heterocycles. The molecule has 0 atom stereocenters. The summed E-state index contributed by atoms with van der Waals surface area (Å²) in [5.74, 6) is -1.06. The topological polar surface area (TPSA) is 51.0 Å². The maximum atomic E-state index is 13.2. The van der Waals surface area contributed by atoms with Crippen LogP contribution in [-0.4, -0.2) is 23.8 Å². The van der Waals surface area contributed by atoms with Crippen LogP contribution in [0.5, 0.6) is 0 Å². The molecule has 0 bridgehead atoms. The third-order valence-electron chi connectivity index (χ3n) is 2.80. The Bertz CT molecular complexity index is 610. The van der Waals surface area contributed by atoms with Gasteiger partial charge in [-0.15, -0.1) is 10.2 Å². The average Bonchev–Trinajstić information content (AvgIpc) is 2.87. The zero-order valence-electron chi connectivity index (χ0n) is 11.2. The minimum atomic E-state index is -4.77. The molecule has 0 unspecified atom stereocenters. The van der Waals surface area contributed by atoms with E-state index in [1.54, 1.807) is 7.05 Å². The van der Waals surface area contributed by atoms with Crippen LogP contribution in [0.15, 0.2) is 22.6 Å². The van der Waals surface area contributed by atoms with E-state index in [0.717, 1.165) is 19.0 Å². The number of alkyl halides is 3. The SMILES string of the molecule is CNCCCc1nnc(-c2ccc(F)c(C(F)(F)F)c2)o1. The predicted molar refractivity (Wildman–Crippen MR) is 66.9 cm³/mol. The molecule has 0 aliphatic carbocycles. The number of hydrogen-bond donors (Lipinski definition) is 1. The first-order valence-corrected chi connectivity index (χ1v) is 6.26. The van der Waals surface area contributed by atoms with E-state index in [2.05, 4.69) is 15.5 Å². The van der Waals surface area contributed by atoms with Gasteiger partial charge in [-0.2, -0.15) is 13.2 Å². The van der Waals surface area contributed by atoms with Crippen molar-refractivity contribution in [2.24, 2.45) is 0 Å². The molecule has 0 radical (unpaired) electrons. The summed E-state index contributed by atoms with van der Waals surface area (Å²) in [6.45, 7) is 0.756. The van der Waals surface area contributed by atoms with Gasteiger partial charge in [0.15, 0.2) is 0 Å². The molecule has 0 saturated heterocycles. The van der Waals surface area contributed by atoms with E-state index in [1.165, 1.54) is 6.07 Å². The van der Waals surface area contributed by atoms with Crippen LogP contribution in [0.1, 0.15) is 17.9 Å². The van der Waals surface area contributed by atoms with Gasteiger partial charge in [-0.05, 0) is 38.2 Å². The minimum Gasteiger partial charge on any atom is -0.421 e. The summed E-state index contributed by atoms with van der Waals surface area (Å²) in [5.41, 5.74) is -1.31.